The zero-order chi connectivity index (χ0) is 20.4. The maximum absolute atomic E-state index is 13.7. The number of hydrogen-bond donors (Lipinski definition) is 1. The van der Waals surface area contributed by atoms with Gasteiger partial charge in [-0.25, -0.2) is 4.39 Å². The number of halogens is 1. The summed E-state index contributed by atoms with van der Waals surface area (Å²) in [6.07, 6.45) is 1.09. The van der Waals surface area contributed by atoms with E-state index >= 15 is 0 Å². The quantitative estimate of drug-likeness (QED) is 0.682. The van der Waals surface area contributed by atoms with Crippen LogP contribution in [0.25, 0.3) is 0 Å². The summed E-state index contributed by atoms with van der Waals surface area (Å²) < 4.78 is 19.1. The lowest BCUT2D eigenvalue weighted by molar-refractivity contribution is -0.142. The summed E-state index contributed by atoms with van der Waals surface area (Å²) in [5.74, 6) is -1.05. The van der Waals surface area contributed by atoms with Crippen molar-refractivity contribution in [1.29, 1.82) is 0 Å². The molecule has 2 aromatic rings. The molecule has 0 aromatic heterocycles. The molecule has 0 aliphatic carbocycles. The number of nitrogens with one attached hydrogen (secondary N) is 1. The predicted molar refractivity (Wildman–Crippen MR) is 107 cm³/mol. The van der Waals surface area contributed by atoms with Crippen LogP contribution in [0.1, 0.15) is 25.8 Å². The van der Waals surface area contributed by atoms with Gasteiger partial charge in [-0.05, 0) is 37.5 Å². The van der Waals surface area contributed by atoms with Gasteiger partial charge in [0.15, 0.2) is 18.2 Å². The van der Waals surface area contributed by atoms with Gasteiger partial charge >= 0.3 is 0 Å². The van der Waals surface area contributed by atoms with Crippen LogP contribution in [0.3, 0.4) is 0 Å². The fraction of sp³-hybridized carbons (Fsp3) is 0.364. The minimum Gasteiger partial charge on any atom is -0.481 e. The lowest BCUT2D eigenvalue weighted by Gasteiger charge is -2.30. The number of rotatable bonds is 10. The summed E-state index contributed by atoms with van der Waals surface area (Å²) in [5.41, 5.74) is 1.07. The first-order chi connectivity index (χ1) is 13.6. The topological polar surface area (TPSA) is 58.6 Å². The molecule has 0 saturated heterocycles. The summed E-state index contributed by atoms with van der Waals surface area (Å²) in [5, 5.41) is 2.78. The molecule has 1 N–H and O–H groups in total. The Balaban J connectivity index is 2.11. The standard InChI is InChI=1S/C22H27FN2O3/c1-3-19(22(27)24-4-2)25(15-14-17-10-6-5-7-11-17)21(26)16-28-20-13-9-8-12-18(20)23/h5-13,19H,3-4,14-16H2,1-2H3,(H,24,27). The van der Waals surface area contributed by atoms with Crippen molar-refractivity contribution in [3.05, 3.63) is 66.0 Å². The molecule has 28 heavy (non-hydrogen) atoms. The van der Waals surface area contributed by atoms with E-state index in [9.17, 15) is 14.0 Å². The zero-order valence-corrected chi connectivity index (χ0v) is 16.4. The first-order valence-corrected chi connectivity index (χ1v) is 9.55. The van der Waals surface area contributed by atoms with Crippen molar-refractivity contribution in [3.8, 4) is 5.75 Å². The van der Waals surface area contributed by atoms with E-state index in [-0.39, 0.29) is 24.2 Å². The molecule has 1 atom stereocenters. The van der Waals surface area contributed by atoms with Crippen molar-refractivity contribution in [1.82, 2.24) is 10.2 Å². The monoisotopic (exact) mass is 386 g/mol. The third-order valence-corrected chi connectivity index (χ3v) is 4.41. The highest BCUT2D eigenvalue weighted by Gasteiger charge is 2.28. The number of hydrogen-bond acceptors (Lipinski definition) is 3. The Hall–Kier alpha value is -2.89. The molecule has 0 heterocycles. The number of benzene rings is 2. The molecular formula is C22H27FN2O3. The van der Waals surface area contributed by atoms with Crippen LogP contribution in [-0.2, 0) is 16.0 Å². The highest BCUT2D eigenvalue weighted by atomic mass is 19.1. The molecule has 2 rings (SSSR count). The van der Waals surface area contributed by atoms with E-state index in [4.69, 9.17) is 4.74 Å². The molecule has 150 valence electrons. The van der Waals surface area contributed by atoms with Crippen LogP contribution >= 0.6 is 0 Å². The lowest BCUT2D eigenvalue weighted by atomic mass is 10.1. The second-order valence-corrected chi connectivity index (χ2v) is 6.36. The molecule has 0 aliphatic rings. The van der Waals surface area contributed by atoms with Crippen LogP contribution < -0.4 is 10.1 Å². The van der Waals surface area contributed by atoms with Crippen molar-refractivity contribution in [2.75, 3.05) is 19.7 Å². The molecule has 0 bridgehead atoms. The fourth-order valence-corrected chi connectivity index (χ4v) is 2.97. The van der Waals surface area contributed by atoms with Gasteiger partial charge in [0.25, 0.3) is 5.91 Å². The third kappa shape index (κ3) is 6.08. The summed E-state index contributed by atoms with van der Waals surface area (Å²) in [7, 11) is 0. The van der Waals surface area contributed by atoms with Gasteiger partial charge in [-0.3, -0.25) is 9.59 Å². The number of amides is 2. The highest BCUT2D eigenvalue weighted by Crippen LogP contribution is 2.16. The molecule has 0 aliphatic heterocycles. The Morgan fingerprint density at radius 2 is 1.75 bits per heavy atom. The van der Waals surface area contributed by atoms with Crippen LogP contribution in [-0.4, -0.2) is 42.5 Å². The summed E-state index contributed by atoms with van der Waals surface area (Å²) >= 11 is 0. The van der Waals surface area contributed by atoms with Gasteiger partial charge in [0.1, 0.15) is 6.04 Å². The van der Waals surface area contributed by atoms with Gasteiger partial charge in [-0.15, -0.1) is 0 Å². The first-order valence-electron chi connectivity index (χ1n) is 9.55. The van der Waals surface area contributed by atoms with E-state index in [1.165, 1.54) is 17.0 Å². The number of likely N-dealkylation sites (N-methyl/N-ethyl adjacent to an activating group) is 1. The Kier molecular flexibility index (Phi) is 8.46. The smallest absolute Gasteiger partial charge is 0.261 e. The number of ether oxygens (including phenoxy) is 1. The fourth-order valence-electron chi connectivity index (χ4n) is 2.97. The molecule has 1 unspecified atom stereocenters. The van der Waals surface area contributed by atoms with Crippen LogP contribution in [0.2, 0.25) is 0 Å². The summed E-state index contributed by atoms with van der Waals surface area (Å²) in [6, 6.07) is 15.1. The van der Waals surface area contributed by atoms with Crippen molar-refractivity contribution < 1.29 is 18.7 Å². The van der Waals surface area contributed by atoms with Crippen LogP contribution in [0.15, 0.2) is 54.6 Å². The van der Waals surface area contributed by atoms with Gasteiger partial charge < -0.3 is 15.0 Å². The zero-order valence-electron chi connectivity index (χ0n) is 16.4. The molecule has 2 aromatic carbocycles. The van der Waals surface area contributed by atoms with E-state index in [1.54, 1.807) is 12.1 Å². The number of nitrogens with zero attached hydrogens (tertiary/aromatic N) is 1. The van der Waals surface area contributed by atoms with Gasteiger partial charge in [0, 0.05) is 13.1 Å². The molecule has 0 fully saturated rings. The molecule has 0 radical (unpaired) electrons. The van der Waals surface area contributed by atoms with Crippen molar-refractivity contribution in [2.24, 2.45) is 0 Å². The Morgan fingerprint density at radius 3 is 2.39 bits per heavy atom. The van der Waals surface area contributed by atoms with Crippen LogP contribution in [0.4, 0.5) is 4.39 Å². The number of para-hydroxylation sites is 1. The number of carbonyl (C=O) groups excluding carboxylic acids is 2. The van der Waals surface area contributed by atoms with E-state index in [0.29, 0.717) is 25.9 Å². The second kappa shape index (κ2) is 11.1. The van der Waals surface area contributed by atoms with E-state index < -0.39 is 11.9 Å². The molecule has 0 spiro atoms. The Morgan fingerprint density at radius 1 is 1.07 bits per heavy atom. The normalized spacial score (nSPS) is 11.5. The second-order valence-electron chi connectivity index (χ2n) is 6.36. The third-order valence-electron chi connectivity index (χ3n) is 4.41. The predicted octanol–water partition coefficient (Wildman–Crippen LogP) is 3.19. The average Bonchev–Trinajstić information content (AvgIpc) is 2.71. The molecule has 0 saturated carbocycles. The minimum atomic E-state index is -0.597. The van der Waals surface area contributed by atoms with Gasteiger partial charge in [0.05, 0.1) is 0 Å². The maximum Gasteiger partial charge on any atom is 0.261 e. The lowest BCUT2D eigenvalue weighted by Crippen LogP contribution is -2.51. The van der Waals surface area contributed by atoms with Crippen molar-refractivity contribution >= 4 is 11.8 Å². The highest BCUT2D eigenvalue weighted by molar-refractivity contribution is 5.88. The van der Waals surface area contributed by atoms with Gasteiger partial charge in [-0.2, -0.15) is 0 Å². The van der Waals surface area contributed by atoms with Crippen molar-refractivity contribution in [2.45, 2.75) is 32.7 Å². The van der Waals surface area contributed by atoms with Crippen LogP contribution in [0, 0.1) is 5.82 Å². The SMILES string of the molecule is CCNC(=O)C(CC)N(CCc1ccccc1)C(=O)COc1ccccc1F. The maximum atomic E-state index is 13.7. The largest absolute Gasteiger partial charge is 0.481 e. The molecular weight excluding hydrogens is 359 g/mol. The Labute approximate surface area is 165 Å². The van der Waals surface area contributed by atoms with Crippen LogP contribution in [0.5, 0.6) is 5.75 Å². The summed E-state index contributed by atoms with van der Waals surface area (Å²) in [6.45, 7) is 4.23. The molecule has 2 amide bonds. The van der Waals surface area contributed by atoms with Crippen molar-refractivity contribution in [3.63, 3.8) is 0 Å². The first kappa shape index (κ1) is 21.4. The minimum absolute atomic E-state index is 0.0184. The molecule has 5 nitrogen and oxygen atoms in total. The van der Waals surface area contributed by atoms with Gasteiger partial charge in [0.2, 0.25) is 5.91 Å². The van der Waals surface area contributed by atoms with E-state index in [2.05, 4.69) is 5.32 Å². The average molecular weight is 386 g/mol. The van der Waals surface area contributed by atoms with Gasteiger partial charge in [-0.1, -0.05) is 49.4 Å². The number of carbonyl (C=O) groups is 2. The molecule has 6 heteroatoms. The summed E-state index contributed by atoms with van der Waals surface area (Å²) in [4.78, 5) is 26.8. The van der Waals surface area contributed by atoms with E-state index in [0.717, 1.165) is 5.56 Å². The Bertz CT molecular complexity index is 767. The van der Waals surface area contributed by atoms with E-state index in [1.807, 2.05) is 44.2 Å².